The van der Waals surface area contributed by atoms with Crippen LogP contribution in [0.2, 0.25) is 10.0 Å². The minimum atomic E-state index is -0.0240. The Balaban J connectivity index is 1.71. The molecular formula is C14H18Cl2N4O2. The number of aromatic nitrogens is 1. The number of anilines is 1. The summed E-state index contributed by atoms with van der Waals surface area (Å²) in [6, 6.07) is 1.94. The van der Waals surface area contributed by atoms with Crippen LogP contribution in [0, 0.1) is 0 Å². The van der Waals surface area contributed by atoms with Gasteiger partial charge in [0.1, 0.15) is 5.82 Å². The quantitative estimate of drug-likeness (QED) is 0.907. The SMILES string of the molecule is COCCN1C(=O)N[C@@H]2CN(c3ncc(Cl)cc3Cl)CC[C@@H]21. The molecule has 1 aromatic heterocycles. The highest BCUT2D eigenvalue weighted by molar-refractivity contribution is 6.36. The lowest BCUT2D eigenvalue weighted by molar-refractivity contribution is 0.140. The molecule has 0 spiro atoms. The summed E-state index contributed by atoms with van der Waals surface area (Å²) in [5, 5.41) is 4.09. The zero-order chi connectivity index (χ0) is 15.7. The first-order chi connectivity index (χ1) is 10.6. The van der Waals surface area contributed by atoms with Crippen molar-refractivity contribution in [1.82, 2.24) is 15.2 Å². The molecular weight excluding hydrogens is 327 g/mol. The standard InChI is InChI=1S/C14H18Cl2N4O2/c1-22-5-4-20-12-2-3-19(8-11(12)18-14(20)21)13-10(16)6-9(15)7-17-13/h6-7,11-12H,2-5,8H2,1H3,(H,18,21)/t11-,12+/m1/s1. The maximum Gasteiger partial charge on any atom is 0.318 e. The van der Waals surface area contributed by atoms with Gasteiger partial charge in [0.2, 0.25) is 0 Å². The number of fused-ring (bicyclic) bond motifs is 1. The van der Waals surface area contributed by atoms with Gasteiger partial charge < -0.3 is 19.9 Å². The van der Waals surface area contributed by atoms with Crippen molar-refractivity contribution >= 4 is 35.1 Å². The monoisotopic (exact) mass is 344 g/mol. The number of ether oxygens (including phenoxy) is 1. The summed E-state index contributed by atoms with van der Waals surface area (Å²) < 4.78 is 5.08. The van der Waals surface area contributed by atoms with E-state index in [0.29, 0.717) is 35.6 Å². The Labute approximate surface area is 139 Å². The number of halogens is 2. The van der Waals surface area contributed by atoms with E-state index in [1.807, 2.05) is 4.90 Å². The second-order valence-electron chi connectivity index (χ2n) is 5.50. The Morgan fingerprint density at radius 2 is 2.32 bits per heavy atom. The summed E-state index contributed by atoms with van der Waals surface area (Å²) in [5.74, 6) is 0.717. The Kier molecular flexibility index (Phi) is 4.61. The molecule has 0 saturated carbocycles. The van der Waals surface area contributed by atoms with Crippen LogP contribution in [0.15, 0.2) is 12.3 Å². The molecule has 3 heterocycles. The molecule has 8 heteroatoms. The average molecular weight is 345 g/mol. The molecule has 22 heavy (non-hydrogen) atoms. The molecule has 3 rings (SSSR count). The number of nitrogens with one attached hydrogen (secondary N) is 1. The van der Waals surface area contributed by atoms with Gasteiger partial charge in [-0.3, -0.25) is 0 Å². The van der Waals surface area contributed by atoms with E-state index in [-0.39, 0.29) is 18.1 Å². The molecule has 120 valence electrons. The Hall–Kier alpha value is -1.24. The molecule has 2 aliphatic rings. The van der Waals surface area contributed by atoms with Gasteiger partial charge in [-0.1, -0.05) is 23.2 Å². The number of methoxy groups -OCH3 is 1. The normalized spacial score (nSPS) is 24.4. The molecule has 0 radical (unpaired) electrons. The van der Waals surface area contributed by atoms with Crippen molar-refractivity contribution in [1.29, 1.82) is 0 Å². The summed E-state index contributed by atoms with van der Waals surface area (Å²) in [5.41, 5.74) is 0. The highest BCUT2D eigenvalue weighted by Crippen LogP contribution is 2.30. The van der Waals surface area contributed by atoms with E-state index in [1.54, 1.807) is 19.4 Å². The van der Waals surface area contributed by atoms with Gasteiger partial charge in [-0.25, -0.2) is 9.78 Å². The fourth-order valence-corrected chi connectivity index (χ4v) is 3.64. The Morgan fingerprint density at radius 3 is 3.05 bits per heavy atom. The topological polar surface area (TPSA) is 57.7 Å². The van der Waals surface area contributed by atoms with Crippen molar-refractivity contribution in [3.05, 3.63) is 22.3 Å². The van der Waals surface area contributed by atoms with Crippen molar-refractivity contribution in [3.8, 4) is 0 Å². The van der Waals surface area contributed by atoms with Gasteiger partial charge in [-0.15, -0.1) is 0 Å². The number of rotatable bonds is 4. The average Bonchev–Trinajstić information content (AvgIpc) is 2.79. The van der Waals surface area contributed by atoms with Crippen LogP contribution in [-0.2, 0) is 4.74 Å². The van der Waals surface area contributed by atoms with E-state index < -0.39 is 0 Å². The number of nitrogens with zero attached hydrogens (tertiary/aromatic N) is 3. The first-order valence-corrected chi connectivity index (χ1v) is 7.98. The number of piperidine rings is 1. The first kappa shape index (κ1) is 15.6. The summed E-state index contributed by atoms with van der Waals surface area (Å²) in [6.07, 6.45) is 2.46. The van der Waals surface area contributed by atoms with Crippen molar-refractivity contribution in [3.63, 3.8) is 0 Å². The van der Waals surface area contributed by atoms with Crippen LogP contribution < -0.4 is 10.2 Å². The molecule has 2 saturated heterocycles. The molecule has 1 aromatic rings. The van der Waals surface area contributed by atoms with Gasteiger partial charge in [-0.05, 0) is 12.5 Å². The van der Waals surface area contributed by atoms with E-state index in [2.05, 4.69) is 15.2 Å². The second kappa shape index (κ2) is 6.48. The van der Waals surface area contributed by atoms with E-state index in [9.17, 15) is 4.79 Å². The Bertz CT molecular complexity index is 572. The van der Waals surface area contributed by atoms with Gasteiger partial charge in [-0.2, -0.15) is 0 Å². The lowest BCUT2D eigenvalue weighted by Gasteiger charge is -2.37. The highest BCUT2D eigenvalue weighted by Gasteiger charge is 2.42. The van der Waals surface area contributed by atoms with E-state index in [1.165, 1.54) is 0 Å². The summed E-state index contributed by atoms with van der Waals surface area (Å²) in [7, 11) is 1.64. The van der Waals surface area contributed by atoms with Crippen LogP contribution >= 0.6 is 23.2 Å². The molecule has 0 bridgehead atoms. The van der Waals surface area contributed by atoms with Crippen molar-refractivity contribution in [2.75, 3.05) is 38.3 Å². The van der Waals surface area contributed by atoms with Crippen LogP contribution in [0.3, 0.4) is 0 Å². The van der Waals surface area contributed by atoms with Crippen LogP contribution in [0.5, 0.6) is 0 Å². The molecule has 0 aliphatic carbocycles. The number of hydrogen-bond acceptors (Lipinski definition) is 4. The minimum Gasteiger partial charge on any atom is -0.383 e. The largest absolute Gasteiger partial charge is 0.383 e. The second-order valence-corrected chi connectivity index (χ2v) is 6.35. The molecule has 0 aromatic carbocycles. The van der Waals surface area contributed by atoms with Crippen molar-refractivity contribution in [2.45, 2.75) is 18.5 Å². The number of pyridine rings is 1. The van der Waals surface area contributed by atoms with Gasteiger partial charge in [0.25, 0.3) is 0 Å². The van der Waals surface area contributed by atoms with Crippen LogP contribution in [0.25, 0.3) is 0 Å². The molecule has 0 unspecified atom stereocenters. The third kappa shape index (κ3) is 2.95. The van der Waals surface area contributed by atoms with Crippen molar-refractivity contribution in [2.24, 2.45) is 0 Å². The highest BCUT2D eigenvalue weighted by atomic mass is 35.5. The van der Waals surface area contributed by atoms with Crippen LogP contribution in [-0.4, -0.2) is 61.3 Å². The molecule has 2 amide bonds. The molecule has 6 nitrogen and oxygen atoms in total. The van der Waals surface area contributed by atoms with Crippen molar-refractivity contribution < 1.29 is 9.53 Å². The maximum atomic E-state index is 12.1. The Morgan fingerprint density at radius 1 is 1.50 bits per heavy atom. The number of carbonyl (C=O) groups is 1. The number of urea groups is 1. The minimum absolute atomic E-state index is 0.0240. The molecule has 1 N–H and O–H groups in total. The van der Waals surface area contributed by atoms with Gasteiger partial charge >= 0.3 is 6.03 Å². The lowest BCUT2D eigenvalue weighted by atomic mass is 10.00. The van der Waals surface area contributed by atoms with E-state index in [4.69, 9.17) is 27.9 Å². The predicted octanol–water partition coefficient (Wildman–Crippen LogP) is 2.01. The van der Waals surface area contributed by atoms with Crippen LogP contribution in [0.1, 0.15) is 6.42 Å². The molecule has 2 aliphatic heterocycles. The third-order valence-electron chi connectivity index (χ3n) is 4.17. The maximum absolute atomic E-state index is 12.1. The lowest BCUT2D eigenvalue weighted by Crippen LogP contribution is -2.52. The summed E-state index contributed by atoms with van der Waals surface area (Å²) >= 11 is 12.1. The number of carbonyl (C=O) groups excluding carboxylic acids is 1. The van der Waals surface area contributed by atoms with Gasteiger partial charge in [0.05, 0.1) is 28.7 Å². The van der Waals surface area contributed by atoms with Gasteiger partial charge in [0, 0.05) is 32.9 Å². The zero-order valence-corrected chi connectivity index (χ0v) is 13.8. The molecule has 2 atom stereocenters. The van der Waals surface area contributed by atoms with E-state index in [0.717, 1.165) is 13.0 Å². The molecule has 2 fully saturated rings. The number of amides is 2. The zero-order valence-electron chi connectivity index (χ0n) is 12.3. The van der Waals surface area contributed by atoms with Crippen LogP contribution in [0.4, 0.5) is 10.6 Å². The summed E-state index contributed by atoms with van der Waals surface area (Å²) in [4.78, 5) is 20.4. The first-order valence-electron chi connectivity index (χ1n) is 7.22. The smallest absolute Gasteiger partial charge is 0.318 e. The fraction of sp³-hybridized carbons (Fsp3) is 0.571. The predicted molar refractivity (Wildman–Crippen MR) is 85.8 cm³/mol. The van der Waals surface area contributed by atoms with Gasteiger partial charge in [0.15, 0.2) is 0 Å². The third-order valence-corrected chi connectivity index (χ3v) is 4.66. The van der Waals surface area contributed by atoms with E-state index >= 15 is 0 Å². The fourth-order valence-electron chi connectivity index (χ4n) is 3.14. The number of hydrogen-bond donors (Lipinski definition) is 1. The summed E-state index contributed by atoms with van der Waals surface area (Å²) in [6.45, 7) is 2.65.